The standard InChI is InChI=1S/C24H26N6O3/c1-16-10-12-17(13-11-16)22-27-21(33-30-22)9-4-8-20(31)25-14-5-15-26-23-18-6-2-3-7-19(18)24(32)29-28-23/h2-3,6-7,10-13H,4-5,8-9,14-15H2,1H3,(H,25,31)(H,26,28)(H,29,32). The average molecular weight is 447 g/mol. The van der Waals surface area contributed by atoms with Gasteiger partial charge < -0.3 is 15.2 Å². The van der Waals surface area contributed by atoms with E-state index in [0.29, 0.717) is 55.3 Å². The number of hydrogen-bond donors (Lipinski definition) is 3. The summed E-state index contributed by atoms with van der Waals surface area (Å²) in [4.78, 5) is 28.3. The number of aryl methyl sites for hydroxylation is 2. The number of amides is 1. The third kappa shape index (κ3) is 5.82. The number of aromatic nitrogens is 4. The van der Waals surface area contributed by atoms with Crippen molar-refractivity contribution in [2.24, 2.45) is 0 Å². The number of anilines is 1. The van der Waals surface area contributed by atoms with E-state index in [4.69, 9.17) is 4.52 Å². The van der Waals surface area contributed by atoms with E-state index in [1.54, 1.807) is 6.07 Å². The van der Waals surface area contributed by atoms with Gasteiger partial charge in [0.25, 0.3) is 5.56 Å². The van der Waals surface area contributed by atoms with Crippen molar-refractivity contribution < 1.29 is 9.32 Å². The maximum absolute atomic E-state index is 12.1. The van der Waals surface area contributed by atoms with Crippen LogP contribution < -0.4 is 16.2 Å². The van der Waals surface area contributed by atoms with E-state index >= 15 is 0 Å². The zero-order valence-corrected chi connectivity index (χ0v) is 18.4. The molecule has 3 N–H and O–H groups in total. The van der Waals surface area contributed by atoms with E-state index in [1.165, 1.54) is 5.56 Å². The second-order valence-corrected chi connectivity index (χ2v) is 7.81. The molecule has 1 amide bonds. The van der Waals surface area contributed by atoms with Crippen LogP contribution in [-0.4, -0.2) is 39.3 Å². The first-order valence-electron chi connectivity index (χ1n) is 11.0. The molecule has 2 aromatic heterocycles. The predicted molar refractivity (Wildman–Crippen MR) is 126 cm³/mol. The predicted octanol–water partition coefficient (Wildman–Crippen LogP) is 3.22. The summed E-state index contributed by atoms with van der Waals surface area (Å²) in [5, 5.41) is 18.1. The van der Waals surface area contributed by atoms with E-state index in [1.807, 2.05) is 49.4 Å². The van der Waals surface area contributed by atoms with Crippen molar-refractivity contribution in [3.63, 3.8) is 0 Å². The van der Waals surface area contributed by atoms with Gasteiger partial charge in [0.15, 0.2) is 5.82 Å². The Bertz CT molecular complexity index is 1280. The first-order chi connectivity index (χ1) is 16.1. The number of benzene rings is 2. The van der Waals surface area contributed by atoms with Gasteiger partial charge in [0, 0.05) is 36.9 Å². The topological polar surface area (TPSA) is 126 Å². The number of aromatic amines is 1. The van der Waals surface area contributed by atoms with Crippen LogP contribution in [0.15, 0.2) is 57.8 Å². The molecule has 0 atom stereocenters. The molecule has 0 unspecified atom stereocenters. The minimum atomic E-state index is -0.213. The number of hydrogen-bond acceptors (Lipinski definition) is 7. The van der Waals surface area contributed by atoms with Crippen LogP contribution in [0.3, 0.4) is 0 Å². The fourth-order valence-electron chi connectivity index (χ4n) is 3.44. The van der Waals surface area contributed by atoms with Crippen LogP contribution in [0.2, 0.25) is 0 Å². The number of fused-ring (bicyclic) bond motifs is 1. The van der Waals surface area contributed by atoms with Crippen LogP contribution in [0.1, 0.15) is 30.7 Å². The zero-order chi connectivity index (χ0) is 23.0. The molecule has 170 valence electrons. The molecule has 2 aromatic carbocycles. The van der Waals surface area contributed by atoms with Crippen LogP contribution in [0.5, 0.6) is 0 Å². The van der Waals surface area contributed by atoms with Crippen LogP contribution in [-0.2, 0) is 11.2 Å². The highest BCUT2D eigenvalue weighted by Crippen LogP contribution is 2.17. The molecular weight excluding hydrogens is 420 g/mol. The summed E-state index contributed by atoms with van der Waals surface area (Å²) in [6.45, 7) is 3.19. The van der Waals surface area contributed by atoms with E-state index in [9.17, 15) is 9.59 Å². The van der Waals surface area contributed by atoms with Crippen molar-refractivity contribution in [3.05, 3.63) is 70.3 Å². The molecule has 0 radical (unpaired) electrons. The molecule has 33 heavy (non-hydrogen) atoms. The number of carbonyl (C=O) groups excluding carboxylic acids is 1. The maximum Gasteiger partial charge on any atom is 0.272 e. The molecule has 4 rings (SSSR count). The van der Waals surface area contributed by atoms with Crippen LogP contribution in [0.4, 0.5) is 5.82 Å². The van der Waals surface area contributed by atoms with E-state index in [0.717, 1.165) is 17.4 Å². The van der Waals surface area contributed by atoms with Crippen molar-refractivity contribution in [2.75, 3.05) is 18.4 Å². The quantitative estimate of drug-likeness (QED) is 0.319. The normalized spacial score (nSPS) is 10.9. The van der Waals surface area contributed by atoms with Gasteiger partial charge in [-0.05, 0) is 25.8 Å². The molecule has 2 heterocycles. The Labute approximate surface area is 190 Å². The van der Waals surface area contributed by atoms with Gasteiger partial charge in [-0.3, -0.25) is 9.59 Å². The Hall–Kier alpha value is -4.01. The molecule has 4 aromatic rings. The highest BCUT2D eigenvalue weighted by molar-refractivity contribution is 5.90. The summed E-state index contributed by atoms with van der Waals surface area (Å²) < 4.78 is 5.30. The minimum Gasteiger partial charge on any atom is -0.368 e. The molecule has 9 heteroatoms. The van der Waals surface area contributed by atoms with Crippen LogP contribution in [0.25, 0.3) is 22.2 Å². The molecule has 0 fully saturated rings. The van der Waals surface area contributed by atoms with Gasteiger partial charge in [-0.15, -0.1) is 0 Å². The summed E-state index contributed by atoms with van der Waals surface area (Å²) in [5.74, 6) is 1.71. The Morgan fingerprint density at radius 2 is 1.82 bits per heavy atom. The lowest BCUT2D eigenvalue weighted by molar-refractivity contribution is -0.121. The lowest BCUT2D eigenvalue weighted by atomic mass is 10.1. The third-order valence-electron chi connectivity index (χ3n) is 5.24. The Morgan fingerprint density at radius 3 is 2.64 bits per heavy atom. The maximum atomic E-state index is 12.1. The fraction of sp³-hybridized carbons (Fsp3) is 0.292. The SMILES string of the molecule is Cc1ccc(-c2noc(CCCC(=O)NCCCNc3n[nH]c(=O)c4ccccc34)n2)cc1. The monoisotopic (exact) mass is 446 g/mol. The highest BCUT2D eigenvalue weighted by Gasteiger charge is 2.10. The molecule has 9 nitrogen and oxygen atoms in total. The van der Waals surface area contributed by atoms with Gasteiger partial charge in [-0.2, -0.15) is 10.1 Å². The van der Waals surface area contributed by atoms with Crippen molar-refractivity contribution in [2.45, 2.75) is 32.6 Å². The van der Waals surface area contributed by atoms with E-state index in [2.05, 4.69) is 31.0 Å². The smallest absolute Gasteiger partial charge is 0.272 e. The van der Waals surface area contributed by atoms with Gasteiger partial charge >= 0.3 is 0 Å². The molecule has 0 spiro atoms. The Balaban J connectivity index is 1.14. The average Bonchev–Trinajstić information content (AvgIpc) is 3.30. The van der Waals surface area contributed by atoms with Gasteiger partial charge in [-0.25, -0.2) is 5.10 Å². The summed E-state index contributed by atoms with van der Waals surface area (Å²) >= 11 is 0. The first kappa shape index (κ1) is 22.2. The molecule has 0 aliphatic carbocycles. The lowest BCUT2D eigenvalue weighted by Crippen LogP contribution is -2.25. The van der Waals surface area contributed by atoms with Crippen molar-refractivity contribution in [1.29, 1.82) is 0 Å². The van der Waals surface area contributed by atoms with Crippen molar-refractivity contribution in [3.8, 4) is 11.4 Å². The number of nitrogens with zero attached hydrogens (tertiary/aromatic N) is 3. The fourth-order valence-corrected chi connectivity index (χ4v) is 3.44. The molecule has 0 aliphatic rings. The number of nitrogens with one attached hydrogen (secondary N) is 3. The largest absolute Gasteiger partial charge is 0.368 e. The van der Waals surface area contributed by atoms with Crippen molar-refractivity contribution in [1.82, 2.24) is 25.7 Å². The summed E-state index contributed by atoms with van der Waals surface area (Å²) in [5.41, 5.74) is 1.87. The molecule has 0 saturated carbocycles. The molecular formula is C24H26N6O3. The first-order valence-corrected chi connectivity index (χ1v) is 11.0. The summed E-state index contributed by atoms with van der Waals surface area (Å²) in [6, 6.07) is 15.2. The summed E-state index contributed by atoms with van der Waals surface area (Å²) in [6.07, 6.45) is 2.30. The van der Waals surface area contributed by atoms with Crippen LogP contribution in [0, 0.1) is 6.92 Å². The zero-order valence-electron chi connectivity index (χ0n) is 18.4. The highest BCUT2D eigenvalue weighted by atomic mass is 16.5. The number of rotatable bonds is 10. The molecule has 0 saturated heterocycles. The van der Waals surface area contributed by atoms with Gasteiger partial charge in [0.05, 0.1) is 5.39 Å². The van der Waals surface area contributed by atoms with Gasteiger partial charge in [-0.1, -0.05) is 53.2 Å². The second-order valence-electron chi connectivity index (χ2n) is 7.81. The molecule has 0 bridgehead atoms. The van der Waals surface area contributed by atoms with Gasteiger partial charge in [0.1, 0.15) is 0 Å². The number of carbonyl (C=O) groups is 1. The van der Waals surface area contributed by atoms with Gasteiger partial charge in [0.2, 0.25) is 17.6 Å². The lowest BCUT2D eigenvalue weighted by Gasteiger charge is -2.08. The van der Waals surface area contributed by atoms with Crippen LogP contribution >= 0.6 is 0 Å². The molecule has 0 aliphatic heterocycles. The third-order valence-corrected chi connectivity index (χ3v) is 5.24. The Morgan fingerprint density at radius 1 is 1.03 bits per heavy atom. The minimum absolute atomic E-state index is 0.0131. The van der Waals surface area contributed by atoms with E-state index < -0.39 is 0 Å². The van der Waals surface area contributed by atoms with Crippen molar-refractivity contribution >= 4 is 22.5 Å². The Kier molecular flexibility index (Phi) is 7.09. The summed E-state index contributed by atoms with van der Waals surface area (Å²) in [7, 11) is 0. The van der Waals surface area contributed by atoms with E-state index in [-0.39, 0.29) is 11.5 Å². The second kappa shape index (κ2) is 10.5. The number of H-pyrrole nitrogens is 1.